The second-order valence-corrected chi connectivity index (χ2v) is 7.71. The van der Waals surface area contributed by atoms with E-state index in [0.717, 1.165) is 15.9 Å². The van der Waals surface area contributed by atoms with E-state index < -0.39 is 0 Å². The van der Waals surface area contributed by atoms with Crippen LogP contribution in [0.4, 0.5) is 0 Å². The Balaban J connectivity index is 0.000000224. The van der Waals surface area contributed by atoms with E-state index in [-0.39, 0.29) is 0 Å². The van der Waals surface area contributed by atoms with Crippen LogP contribution in [0.3, 0.4) is 0 Å². The predicted octanol–water partition coefficient (Wildman–Crippen LogP) is 8.96. The minimum absolute atomic E-state index is 0.360. The molecule has 0 bridgehead atoms. The topological polar surface area (TPSA) is 18.5 Å². The number of aryl methyl sites for hydroxylation is 3. The summed E-state index contributed by atoms with van der Waals surface area (Å²) in [6.07, 6.45) is 5.38. The molecule has 0 aromatic heterocycles. The number of hydrogen-bond acceptors (Lipinski definition) is 2. The molecular formula is C29H39IO2. The fourth-order valence-corrected chi connectivity index (χ4v) is 3.76. The zero-order valence-corrected chi connectivity index (χ0v) is 22.5. The molecule has 3 aromatic carbocycles. The van der Waals surface area contributed by atoms with Gasteiger partial charge in [-0.1, -0.05) is 111 Å². The van der Waals surface area contributed by atoms with E-state index in [1.54, 1.807) is 11.1 Å². The van der Waals surface area contributed by atoms with E-state index in [4.69, 9.17) is 9.47 Å². The minimum atomic E-state index is 0.360. The first-order valence-electron chi connectivity index (χ1n) is 11.8. The van der Waals surface area contributed by atoms with Crippen LogP contribution in [0.15, 0.2) is 72.8 Å². The maximum Gasteiger partial charge on any atom is 0.231 e. The fraction of sp³-hybridized carbons (Fsp3) is 0.379. The quantitative estimate of drug-likeness (QED) is 0.224. The Bertz CT molecular complexity index is 837. The molecule has 0 N–H and O–H groups in total. The molecule has 2 aliphatic rings. The fourth-order valence-electron chi connectivity index (χ4n) is 3.25. The van der Waals surface area contributed by atoms with Crippen LogP contribution in [-0.2, 0) is 17.3 Å². The van der Waals surface area contributed by atoms with Crippen LogP contribution in [-0.4, -0.2) is 6.79 Å². The van der Waals surface area contributed by atoms with Crippen molar-refractivity contribution in [1.82, 2.24) is 0 Å². The molecule has 5 rings (SSSR count). The van der Waals surface area contributed by atoms with Crippen LogP contribution in [0.5, 0.6) is 11.5 Å². The second kappa shape index (κ2) is 17.5. The zero-order chi connectivity index (χ0) is 23.6. The lowest BCUT2D eigenvalue weighted by atomic mass is 9.92. The lowest BCUT2D eigenvalue weighted by Crippen LogP contribution is -2.00. The number of fused-ring (bicyclic) bond motifs is 2. The normalized spacial score (nSPS) is 12.1. The van der Waals surface area contributed by atoms with Gasteiger partial charge in [0.25, 0.3) is 0 Å². The van der Waals surface area contributed by atoms with Crippen molar-refractivity contribution >= 4 is 22.6 Å². The Morgan fingerprint density at radius 2 is 1.22 bits per heavy atom. The summed E-state index contributed by atoms with van der Waals surface area (Å²) in [5.74, 6) is 1.71. The third-order valence-corrected chi connectivity index (χ3v) is 5.67. The number of hydrogen-bond donors (Lipinski definition) is 0. The van der Waals surface area contributed by atoms with E-state index in [1.165, 1.54) is 36.8 Å². The molecule has 32 heavy (non-hydrogen) atoms. The van der Waals surface area contributed by atoms with Crippen molar-refractivity contribution in [2.45, 2.75) is 64.7 Å². The zero-order valence-electron chi connectivity index (χ0n) is 20.4. The van der Waals surface area contributed by atoms with Crippen LogP contribution in [0.2, 0.25) is 0 Å². The van der Waals surface area contributed by atoms with Gasteiger partial charge >= 0.3 is 0 Å². The summed E-state index contributed by atoms with van der Waals surface area (Å²) in [4.78, 5) is 0. The predicted molar refractivity (Wildman–Crippen MR) is 147 cm³/mol. The van der Waals surface area contributed by atoms with Crippen molar-refractivity contribution in [2.75, 3.05) is 6.79 Å². The highest BCUT2D eigenvalue weighted by molar-refractivity contribution is 14.1. The van der Waals surface area contributed by atoms with Crippen molar-refractivity contribution in [3.05, 3.63) is 95.1 Å². The third-order valence-electron chi connectivity index (χ3n) is 4.79. The molecule has 0 saturated carbocycles. The number of rotatable bonds is 1. The molecule has 1 aliphatic carbocycles. The molecule has 0 atom stereocenters. The average molecular weight is 547 g/mol. The molecule has 0 spiro atoms. The molecule has 2 nitrogen and oxygen atoms in total. The number of benzene rings is 3. The van der Waals surface area contributed by atoms with Gasteiger partial charge in [0.15, 0.2) is 11.5 Å². The number of alkyl halides is 1. The first-order valence-corrected chi connectivity index (χ1v) is 13.3. The van der Waals surface area contributed by atoms with Gasteiger partial charge in [-0.15, -0.1) is 0 Å². The van der Waals surface area contributed by atoms with Crippen LogP contribution >= 0.6 is 22.6 Å². The summed E-state index contributed by atoms with van der Waals surface area (Å²) >= 11 is 2.35. The molecule has 0 saturated heterocycles. The largest absolute Gasteiger partial charge is 0.454 e. The monoisotopic (exact) mass is 546 g/mol. The Hall–Kier alpha value is -2.01. The third kappa shape index (κ3) is 10.1. The van der Waals surface area contributed by atoms with E-state index in [0.29, 0.717) is 6.79 Å². The molecule has 0 amide bonds. The summed E-state index contributed by atoms with van der Waals surface area (Å²) in [7, 11) is 0. The molecule has 0 radical (unpaired) electrons. The summed E-state index contributed by atoms with van der Waals surface area (Å²) in [6.45, 7) is 10.4. The minimum Gasteiger partial charge on any atom is -0.454 e. The second-order valence-electron chi connectivity index (χ2n) is 6.95. The summed E-state index contributed by atoms with van der Waals surface area (Å²) in [6, 6.07) is 25.1. The number of halogens is 1. The highest BCUT2D eigenvalue weighted by Crippen LogP contribution is 2.31. The highest BCUT2D eigenvalue weighted by atomic mass is 127. The van der Waals surface area contributed by atoms with Crippen LogP contribution in [0.1, 0.15) is 62.8 Å². The first kappa shape index (κ1) is 28.0. The van der Waals surface area contributed by atoms with Crippen LogP contribution in [0.25, 0.3) is 0 Å². The summed E-state index contributed by atoms with van der Waals surface area (Å²) in [5, 5.41) is 0. The maximum absolute atomic E-state index is 5.16. The number of ether oxygens (including phenoxy) is 2. The molecule has 174 valence electrons. The van der Waals surface area contributed by atoms with Crippen LogP contribution in [0, 0.1) is 6.92 Å². The molecule has 0 unspecified atom stereocenters. The Morgan fingerprint density at radius 3 is 1.75 bits per heavy atom. The molecule has 1 heterocycles. The van der Waals surface area contributed by atoms with Crippen molar-refractivity contribution in [1.29, 1.82) is 0 Å². The van der Waals surface area contributed by atoms with E-state index >= 15 is 0 Å². The standard InChI is InChI=1S/C10H12.C8H8O2.C7H7I.2C2H6/c1-2-6-10-8-4-3-7-9(10)5-1;1-6-2-3-7-8(4-6)10-5-9-7;8-6-7-4-2-1-3-5-7;2*1-2/h1-2,5-6H,3-4,7-8H2;2-4H,5H2,1H3;1-5H,6H2;2*1-2H3. The summed E-state index contributed by atoms with van der Waals surface area (Å²) < 4.78 is 11.4. The van der Waals surface area contributed by atoms with Crippen LogP contribution < -0.4 is 9.47 Å². The van der Waals surface area contributed by atoms with Gasteiger partial charge in [-0.3, -0.25) is 0 Å². The van der Waals surface area contributed by atoms with Crippen molar-refractivity contribution in [3.63, 3.8) is 0 Å². The van der Waals surface area contributed by atoms with E-state index in [2.05, 4.69) is 71.1 Å². The lowest BCUT2D eigenvalue weighted by Gasteiger charge is -2.13. The van der Waals surface area contributed by atoms with Crippen molar-refractivity contribution in [2.24, 2.45) is 0 Å². The Morgan fingerprint density at radius 1 is 0.688 bits per heavy atom. The van der Waals surface area contributed by atoms with Gasteiger partial charge in [0.05, 0.1) is 0 Å². The van der Waals surface area contributed by atoms with Gasteiger partial charge < -0.3 is 9.47 Å². The lowest BCUT2D eigenvalue weighted by molar-refractivity contribution is 0.174. The molecule has 1 aliphatic heterocycles. The molecule has 3 aromatic rings. The van der Waals surface area contributed by atoms with Crippen molar-refractivity contribution < 1.29 is 9.47 Å². The van der Waals surface area contributed by atoms with Gasteiger partial charge in [0.1, 0.15) is 0 Å². The first-order chi connectivity index (χ1) is 15.8. The Labute approximate surface area is 209 Å². The van der Waals surface area contributed by atoms with E-state index in [1.807, 2.05) is 58.9 Å². The Kier molecular flexibility index (Phi) is 15.4. The van der Waals surface area contributed by atoms with Gasteiger partial charge in [-0.25, -0.2) is 0 Å². The van der Waals surface area contributed by atoms with Crippen molar-refractivity contribution in [3.8, 4) is 11.5 Å². The van der Waals surface area contributed by atoms with Gasteiger partial charge in [0, 0.05) is 4.43 Å². The van der Waals surface area contributed by atoms with Gasteiger partial charge in [0.2, 0.25) is 6.79 Å². The maximum atomic E-state index is 5.16. The highest BCUT2D eigenvalue weighted by Gasteiger charge is 2.11. The van der Waals surface area contributed by atoms with Gasteiger partial charge in [-0.05, 0) is 67.0 Å². The van der Waals surface area contributed by atoms with Gasteiger partial charge in [-0.2, -0.15) is 0 Å². The molecule has 3 heteroatoms. The average Bonchev–Trinajstić information content (AvgIpc) is 3.35. The summed E-state index contributed by atoms with van der Waals surface area (Å²) in [5.41, 5.74) is 5.75. The van der Waals surface area contributed by atoms with E-state index in [9.17, 15) is 0 Å². The SMILES string of the molecule is CC.CC.Cc1ccc2c(c1)OCO2.ICc1ccccc1.c1ccc2c(c1)CCCC2. The smallest absolute Gasteiger partial charge is 0.231 e. The molecule has 0 fully saturated rings. The molecular weight excluding hydrogens is 507 g/mol.